The second-order valence-corrected chi connectivity index (χ2v) is 9.04. The van der Waals surface area contributed by atoms with E-state index in [9.17, 15) is 0 Å². The number of halogens is 1. The van der Waals surface area contributed by atoms with Crippen molar-refractivity contribution in [3.05, 3.63) is 30.1 Å². The number of piperidine rings is 1. The number of aromatic nitrogens is 1. The van der Waals surface area contributed by atoms with Gasteiger partial charge in [0, 0.05) is 62.9 Å². The van der Waals surface area contributed by atoms with Crippen molar-refractivity contribution in [3.63, 3.8) is 0 Å². The highest BCUT2D eigenvalue weighted by molar-refractivity contribution is 14.0. The van der Waals surface area contributed by atoms with E-state index in [4.69, 9.17) is 4.74 Å². The lowest BCUT2D eigenvalue weighted by Crippen LogP contribution is -2.72. The minimum absolute atomic E-state index is 0. The van der Waals surface area contributed by atoms with Crippen LogP contribution in [0.1, 0.15) is 44.2 Å². The lowest BCUT2D eigenvalue weighted by Gasteiger charge is -2.63. The number of hydrogen-bond donors (Lipinski definition) is 2. The molecular weight excluding hydrogens is 477 g/mol. The van der Waals surface area contributed by atoms with Gasteiger partial charge in [-0.25, -0.2) is 0 Å². The number of hydrogen-bond acceptors (Lipinski definition) is 4. The van der Waals surface area contributed by atoms with Gasteiger partial charge in [0.25, 0.3) is 0 Å². The van der Waals surface area contributed by atoms with E-state index in [-0.39, 0.29) is 24.0 Å². The third kappa shape index (κ3) is 4.02. The summed E-state index contributed by atoms with van der Waals surface area (Å²) in [4.78, 5) is 11.5. The van der Waals surface area contributed by atoms with Crippen molar-refractivity contribution in [1.29, 1.82) is 0 Å². The van der Waals surface area contributed by atoms with E-state index in [2.05, 4.69) is 37.6 Å². The summed E-state index contributed by atoms with van der Waals surface area (Å²) >= 11 is 0. The molecule has 3 heterocycles. The van der Waals surface area contributed by atoms with Gasteiger partial charge in [0.05, 0.1) is 11.8 Å². The molecule has 2 saturated carbocycles. The molecule has 6 nitrogen and oxygen atoms in total. The van der Waals surface area contributed by atoms with E-state index in [1.807, 2.05) is 19.3 Å². The molecule has 0 amide bonds. The van der Waals surface area contributed by atoms with Crippen LogP contribution in [0.3, 0.4) is 0 Å². The van der Waals surface area contributed by atoms with E-state index in [1.165, 1.54) is 25.7 Å². The summed E-state index contributed by atoms with van der Waals surface area (Å²) in [5.41, 5.74) is 1.56. The predicted molar refractivity (Wildman–Crippen MR) is 126 cm³/mol. The van der Waals surface area contributed by atoms with Crippen molar-refractivity contribution < 1.29 is 4.74 Å². The van der Waals surface area contributed by atoms with Gasteiger partial charge in [-0.15, -0.1) is 24.0 Å². The second-order valence-electron chi connectivity index (χ2n) is 9.04. The highest BCUT2D eigenvalue weighted by Gasteiger charge is 2.66. The highest BCUT2D eigenvalue weighted by Crippen LogP contribution is 2.62. The number of fused-ring (bicyclic) bond motifs is 2. The number of pyridine rings is 1. The fourth-order valence-electron chi connectivity index (χ4n) is 5.92. The highest BCUT2D eigenvalue weighted by atomic mass is 127. The molecule has 4 fully saturated rings. The Hall–Kier alpha value is -0.930. The Kier molecular flexibility index (Phi) is 6.65. The van der Waals surface area contributed by atoms with E-state index >= 15 is 0 Å². The maximum atomic E-state index is 6.05. The minimum atomic E-state index is 0. The predicted octanol–water partition coefficient (Wildman–Crippen LogP) is 2.79. The van der Waals surface area contributed by atoms with Crippen LogP contribution in [0.4, 0.5) is 0 Å². The van der Waals surface area contributed by atoms with Crippen LogP contribution in [0.5, 0.6) is 0 Å². The Morgan fingerprint density at radius 2 is 2.07 bits per heavy atom. The summed E-state index contributed by atoms with van der Waals surface area (Å²) in [5.74, 6) is 1.67. The topological polar surface area (TPSA) is 61.8 Å². The Morgan fingerprint density at radius 1 is 1.24 bits per heavy atom. The van der Waals surface area contributed by atoms with Crippen molar-refractivity contribution in [2.24, 2.45) is 16.3 Å². The molecule has 7 heteroatoms. The van der Waals surface area contributed by atoms with Crippen LogP contribution < -0.4 is 10.6 Å². The van der Waals surface area contributed by atoms with Crippen molar-refractivity contribution in [1.82, 2.24) is 20.5 Å². The lowest BCUT2D eigenvalue weighted by molar-refractivity contribution is -0.171. The van der Waals surface area contributed by atoms with Crippen molar-refractivity contribution >= 4 is 29.9 Å². The maximum Gasteiger partial charge on any atom is 0.191 e. The number of nitrogens with zero attached hydrogens (tertiary/aromatic N) is 3. The molecule has 4 aliphatic rings. The molecule has 3 unspecified atom stereocenters. The molecule has 160 valence electrons. The maximum absolute atomic E-state index is 6.05. The third-order valence-electron chi connectivity index (χ3n) is 7.59. The molecule has 5 rings (SSSR count). The van der Waals surface area contributed by atoms with Gasteiger partial charge in [-0.2, -0.15) is 0 Å². The van der Waals surface area contributed by atoms with Crippen LogP contribution in [0.2, 0.25) is 0 Å². The first kappa shape index (κ1) is 21.3. The molecule has 2 saturated heterocycles. The summed E-state index contributed by atoms with van der Waals surface area (Å²) in [6.45, 7) is 4.11. The SMILES string of the molecule is CN=C(NC1CCN(Cc2ccccn2)CC1)NC1C2CCOC2C12CCC2.I. The lowest BCUT2D eigenvalue weighted by atomic mass is 9.46. The molecular formula is C22H34IN5O. The van der Waals surface area contributed by atoms with Gasteiger partial charge in [-0.1, -0.05) is 12.5 Å². The molecule has 29 heavy (non-hydrogen) atoms. The fraction of sp³-hybridized carbons (Fsp3) is 0.727. The van der Waals surface area contributed by atoms with Gasteiger partial charge < -0.3 is 15.4 Å². The first-order valence-corrected chi connectivity index (χ1v) is 11.0. The summed E-state index contributed by atoms with van der Waals surface area (Å²) in [5, 5.41) is 7.51. The van der Waals surface area contributed by atoms with E-state index in [0.717, 1.165) is 50.7 Å². The zero-order valence-corrected chi connectivity index (χ0v) is 19.7. The number of likely N-dealkylation sites (tertiary alicyclic amines) is 1. The van der Waals surface area contributed by atoms with Gasteiger partial charge in [0.15, 0.2) is 5.96 Å². The van der Waals surface area contributed by atoms with E-state index < -0.39 is 0 Å². The Balaban J connectivity index is 0.00000205. The third-order valence-corrected chi connectivity index (χ3v) is 7.59. The van der Waals surface area contributed by atoms with Crippen LogP contribution in [0, 0.1) is 11.3 Å². The average Bonchev–Trinajstić information content (AvgIpc) is 3.11. The smallest absolute Gasteiger partial charge is 0.191 e. The van der Waals surface area contributed by atoms with Crippen LogP contribution in [0.25, 0.3) is 0 Å². The normalized spacial score (nSPS) is 31.3. The summed E-state index contributed by atoms with van der Waals surface area (Å²) in [6.07, 6.45) is 9.87. The van der Waals surface area contributed by atoms with Gasteiger partial charge >= 0.3 is 0 Å². The molecule has 0 radical (unpaired) electrons. The molecule has 2 N–H and O–H groups in total. The van der Waals surface area contributed by atoms with Crippen molar-refractivity contribution in [2.75, 3.05) is 26.7 Å². The Morgan fingerprint density at radius 3 is 2.72 bits per heavy atom. The monoisotopic (exact) mass is 511 g/mol. The minimum Gasteiger partial charge on any atom is -0.377 e. The molecule has 1 spiro atoms. The molecule has 0 aromatic carbocycles. The molecule has 1 aromatic rings. The summed E-state index contributed by atoms with van der Waals surface area (Å²) < 4.78 is 6.05. The number of aliphatic imine (C=N–C) groups is 1. The van der Waals surface area contributed by atoms with Crippen molar-refractivity contribution in [3.8, 4) is 0 Å². The molecule has 2 aliphatic heterocycles. The molecule has 2 aliphatic carbocycles. The van der Waals surface area contributed by atoms with Gasteiger partial charge in [0.1, 0.15) is 0 Å². The zero-order valence-electron chi connectivity index (χ0n) is 17.3. The van der Waals surface area contributed by atoms with Crippen LogP contribution in [-0.2, 0) is 11.3 Å². The van der Waals surface area contributed by atoms with Crippen LogP contribution in [0.15, 0.2) is 29.4 Å². The molecule has 1 aromatic heterocycles. The summed E-state index contributed by atoms with van der Waals surface area (Å²) in [7, 11) is 1.90. The van der Waals surface area contributed by atoms with Crippen molar-refractivity contribution in [2.45, 2.75) is 63.3 Å². The quantitative estimate of drug-likeness (QED) is 0.370. The number of ether oxygens (including phenoxy) is 1. The number of rotatable bonds is 4. The van der Waals surface area contributed by atoms with E-state index in [0.29, 0.717) is 29.5 Å². The Labute approximate surface area is 191 Å². The van der Waals surface area contributed by atoms with Gasteiger partial charge in [-0.3, -0.25) is 14.9 Å². The Bertz CT molecular complexity index is 702. The summed E-state index contributed by atoms with van der Waals surface area (Å²) in [6, 6.07) is 7.21. The standard InChI is InChI=1S/C22H33N5O.HI/c1-23-21(26-19-18-8-14-28-20(18)22(19)9-4-10-22)25-16-6-12-27(13-7-16)15-17-5-2-3-11-24-17;/h2-3,5,11,16,18-20H,4,6-10,12-15H2,1H3,(H2,23,25,26);1H. The van der Waals surface area contributed by atoms with E-state index in [1.54, 1.807) is 0 Å². The van der Waals surface area contributed by atoms with Crippen LogP contribution >= 0.6 is 24.0 Å². The average molecular weight is 511 g/mol. The molecule has 3 atom stereocenters. The largest absolute Gasteiger partial charge is 0.377 e. The zero-order chi connectivity index (χ0) is 19.0. The van der Waals surface area contributed by atoms with Crippen LogP contribution in [-0.4, -0.2) is 60.8 Å². The number of guanidine groups is 1. The number of nitrogens with one attached hydrogen (secondary N) is 2. The fourth-order valence-corrected chi connectivity index (χ4v) is 5.92. The van der Waals surface area contributed by atoms with Gasteiger partial charge in [0.2, 0.25) is 0 Å². The first-order valence-electron chi connectivity index (χ1n) is 11.0. The second kappa shape index (κ2) is 9.06. The van der Waals surface area contributed by atoms with Gasteiger partial charge in [-0.05, 0) is 44.2 Å². The molecule has 0 bridgehead atoms. The first-order chi connectivity index (χ1) is 13.8.